The summed E-state index contributed by atoms with van der Waals surface area (Å²) in [4.78, 5) is 0. The third kappa shape index (κ3) is 3.41. The van der Waals surface area contributed by atoms with Gasteiger partial charge in [0.1, 0.15) is 5.75 Å². The minimum Gasteiger partial charge on any atom is -0.508 e. The quantitative estimate of drug-likeness (QED) is 0.627. The number of nitrogens with one attached hydrogen (secondary N) is 1. The number of hydrogen-bond donors (Lipinski definition) is 3. The fourth-order valence-electron chi connectivity index (χ4n) is 0.839. The summed E-state index contributed by atoms with van der Waals surface area (Å²) < 4.78 is 23.1. The molecule has 0 heterocycles. The fourth-order valence-corrected chi connectivity index (χ4v) is 1.20. The highest BCUT2D eigenvalue weighted by Gasteiger charge is 2.03. The summed E-state index contributed by atoms with van der Waals surface area (Å²) in [5.74, 6) is 0.0404. The zero-order valence-corrected chi connectivity index (χ0v) is 7.58. The van der Waals surface area contributed by atoms with Gasteiger partial charge in [-0.05, 0) is 6.07 Å². The lowest BCUT2D eigenvalue weighted by molar-refractivity contribution is 0.467. The number of phenols is 1. The Labute approximate surface area is 76.4 Å². The molecule has 1 aromatic carbocycles. The first-order valence-electron chi connectivity index (χ1n) is 3.53. The second kappa shape index (κ2) is 3.73. The van der Waals surface area contributed by atoms with Crippen molar-refractivity contribution in [2.75, 3.05) is 0 Å². The van der Waals surface area contributed by atoms with Gasteiger partial charge in [-0.1, -0.05) is 18.2 Å². The van der Waals surface area contributed by atoms with Crippen LogP contribution in [0, 0.1) is 0 Å². The van der Waals surface area contributed by atoms with Crippen LogP contribution in [0.5, 0.6) is 5.75 Å². The first kappa shape index (κ1) is 9.97. The zero-order chi connectivity index (χ0) is 9.90. The first-order chi connectivity index (χ1) is 5.99. The molecule has 0 unspecified atom stereocenters. The molecule has 1 aromatic rings. The van der Waals surface area contributed by atoms with Gasteiger partial charge in [0.05, 0.1) is 0 Å². The van der Waals surface area contributed by atoms with Crippen LogP contribution in [0.1, 0.15) is 5.56 Å². The molecule has 0 spiro atoms. The van der Waals surface area contributed by atoms with Gasteiger partial charge in [-0.15, -0.1) is 0 Å². The van der Waals surface area contributed by atoms with Gasteiger partial charge in [-0.2, -0.15) is 13.1 Å². The van der Waals surface area contributed by atoms with E-state index in [2.05, 4.69) is 4.72 Å². The van der Waals surface area contributed by atoms with E-state index in [1.807, 2.05) is 0 Å². The highest BCUT2D eigenvalue weighted by molar-refractivity contribution is 7.87. The molecule has 1 rings (SSSR count). The Balaban J connectivity index is 2.71. The molecular weight excluding hydrogens is 192 g/mol. The van der Waals surface area contributed by atoms with E-state index in [0.29, 0.717) is 5.56 Å². The van der Waals surface area contributed by atoms with Crippen molar-refractivity contribution < 1.29 is 13.5 Å². The van der Waals surface area contributed by atoms with E-state index in [9.17, 15) is 13.5 Å². The number of benzene rings is 1. The van der Waals surface area contributed by atoms with Crippen LogP contribution in [-0.2, 0) is 16.8 Å². The highest BCUT2D eigenvalue weighted by atomic mass is 32.2. The van der Waals surface area contributed by atoms with Crippen LogP contribution in [0.15, 0.2) is 24.3 Å². The number of hydrogen-bond acceptors (Lipinski definition) is 3. The average molecular weight is 202 g/mol. The number of nitrogens with two attached hydrogens (primary N) is 1. The van der Waals surface area contributed by atoms with Crippen LogP contribution in [0.4, 0.5) is 0 Å². The van der Waals surface area contributed by atoms with E-state index in [1.165, 1.54) is 6.07 Å². The minimum absolute atomic E-state index is 0.00843. The second-order valence-electron chi connectivity index (χ2n) is 2.49. The fraction of sp³-hybridized carbons (Fsp3) is 0.143. The van der Waals surface area contributed by atoms with Gasteiger partial charge in [0, 0.05) is 12.1 Å². The third-order valence-corrected chi connectivity index (χ3v) is 2.00. The maximum Gasteiger partial charge on any atom is 0.274 e. The summed E-state index contributed by atoms with van der Waals surface area (Å²) in [6.07, 6.45) is 0. The molecule has 6 heteroatoms. The molecule has 72 valence electrons. The van der Waals surface area contributed by atoms with Crippen LogP contribution < -0.4 is 9.86 Å². The van der Waals surface area contributed by atoms with Crippen molar-refractivity contribution in [3.63, 3.8) is 0 Å². The van der Waals surface area contributed by atoms with E-state index in [1.54, 1.807) is 18.2 Å². The van der Waals surface area contributed by atoms with Gasteiger partial charge in [0.15, 0.2) is 0 Å². The molecule has 5 nitrogen and oxygen atoms in total. The van der Waals surface area contributed by atoms with Crippen molar-refractivity contribution in [1.82, 2.24) is 4.72 Å². The standard InChI is InChI=1S/C7H10N2O3S/c8-13(11,12)9-5-6-3-1-2-4-7(6)10/h1-4,9-10H,5H2,(H2,8,11,12). The molecule has 0 bridgehead atoms. The Kier molecular flexibility index (Phi) is 2.86. The molecule has 0 aromatic heterocycles. The lowest BCUT2D eigenvalue weighted by atomic mass is 10.2. The summed E-state index contributed by atoms with van der Waals surface area (Å²) in [6.45, 7) is -0.00843. The largest absolute Gasteiger partial charge is 0.508 e. The van der Waals surface area contributed by atoms with Crippen molar-refractivity contribution in [1.29, 1.82) is 0 Å². The Bertz CT molecular complexity index is 388. The molecule has 0 radical (unpaired) electrons. The Morgan fingerprint density at radius 3 is 2.54 bits per heavy atom. The summed E-state index contributed by atoms with van der Waals surface area (Å²) in [7, 11) is -3.70. The Morgan fingerprint density at radius 1 is 1.38 bits per heavy atom. The zero-order valence-electron chi connectivity index (χ0n) is 6.77. The molecule has 0 aliphatic rings. The van der Waals surface area contributed by atoms with Crippen molar-refractivity contribution in [3.05, 3.63) is 29.8 Å². The van der Waals surface area contributed by atoms with Gasteiger partial charge in [-0.25, -0.2) is 5.14 Å². The van der Waals surface area contributed by atoms with Crippen molar-refractivity contribution in [2.45, 2.75) is 6.54 Å². The van der Waals surface area contributed by atoms with Gasteiger partial charge in [0.25, 0.3) is 10.2 Å². The van der Waals surface area contributed by atoms with E-state index >= 15 is 0 Å². The maximum absolute atomic E-state index is 10.5. The average Bonchev–Trinajstić information content (AvgIpc) is 2.01. The topological polar surface area (TPSA) is 92.4 Å². The smallest absolute Gasteiger partial charge is 0.274 e. The maximum atomic E-state index is 10.5. The molecule has 0 aliphatic heterocycles. The lowest BCUT2D eigenvalue weighted by Crippen LogP contribution is -2.30. The van der Waals surface area contributed by atoms with Crippen LogP contribution in [-0.4, -0.2) is 13.5 Å². The Morgan fingerprint density at radius 2 is 2.00 bits per heavy atom. The van der Waals surface area contributed by atoms with Crippen LogP contribution in [0.25, 0.3) is 0 Å². The van der Waals surface area contributed by atoms with Gasteiger partial charge in [0.2, 0.25) is 0 Å². The Hall–Kier alpha value is -1.11. The van der Waals surface area contributed by atoms with Gasteiger partial charge < -0.3 is 5.11 Å². The second-order valence-corrected chi connectivity index (χ2v) is 3.87. The van der Waals surface area contributed by atoms with E-state index in [-0.39, 0.29) is 12.3 Å². The summed E-state index contributed by atoms with van der Waals surface area (Å²) in [5.41, 5.74) is 0.483. The molecule has 0 saturated carbocycles. The summed E-state index contributed by atoms with van der Waals surface area (Å²) in [6, 6.07) is 6.42. The summed E-state index contributed by atoms with van der Waals surface area (Å²) >= 11 is 0. The van der Waals surface area contributed by atoms with E-state index in [0.717, 1.165) is 0 Å². The van der Waals surface area contributed by atoms with Crippen molar-refractivity contribution >= 4 is 10.2 Å². The number of para-hydroxylation sites is 1. The minimum atomic E-state index is -3.70. The third-order valence-electron chi connectivity index (χ3n) is 1.46. The van der Waals surface area contributed by atoms with E-state index < -0.39 is 10.2 Å². The number of rotatable bonds is 3. The SMILES string of the molecule is NS(=O)(=O)NCc1ccccc1O. The molecule has 0 atom stereocenters. The van der Waals surface area contributed by atoms with Crippen LogP contribution in [0.3, 0.4) is 0 Å². The molecule has 0 amide bonds. The molecule has 4 N–H and O–H groups in total. The van der Waals surface area contributed by atoms with Gasteiger partial charge >= 0.3 is 0 Å². The summed E-state index contributed by atoms with van der Waals surface area (Å²) in [5, 5.41) is 13.9. The first-order valence-corrected chi connectivity index (χ1v) is 5.08. The van der Waals surface area contributed by atoms with Crippen LogP contribution >= 0.6 is 0 Å². The monoisotopic (exact) mass is 202 g/mol. The predicted molar refractivity (Wildman–Crippen MR) is 48.1 cm³/mol. The molecular formula is C7H10N2O3S. The van der Waals surface area contributed by atoms with E-state index in [4.69, 9.17) is 5.14 Å². The van der Waals surface area contributed by atoms with Gasteiger partial charge in [-0.3, -0.25) is 0 Å². The highest BCUT2D eigenvalue weighted by Crippen LogP contribution is 2.14. The van der Waals surface area contributed by atoms with Crippen molar-refractivity contribution in [3.8, 4) is 5.75 Å². The molecule has 0 aliphatic carbocycles. The normalized spacial score (nSPS) is 11.5. The molecule has 0 fully saturated rings. The number of phenolic OH excluding ortho intramolecular Hbond substituents is 1. The lowest BCUT2D eigenvalue weighted by Gasteiger charge is -2.03. The molecule has 13 heavy (non-hydrogen) atoms. The van der Waals surface area contributed by atoms with Crippen molar-refractivity contribution in [2.24, 2.45) is 5.14 Å². The molecule has 0 saturated heterocycles. The van der Waals surface area contributed by atoms with Crippen LogP contribution in [0.2, 0.25) is 0 Å². The predicted octanol–water partition coefficient (Wildman–Crippen LogP) is -0.315. The number of aromatic hydroxyl groups is 1.